The number of hydrogen-bond acceptors (Lipinski definition) is 5. The summed E-state index contributed by atoms with van der Waals surface area (Å²) in [5.41, 5.74) is -0.0880. The van der Waals surface area contributed by atoms with Crippen LogP contribution in [-0.4, -0.2) is 16.7 Å². The zero-order valence-corrected chi connectivity index (χ0v) is 15.5. The minimum atomic E-state index is -1.20. The monoisotopic (exact) mass is 389 g/mol. The quantitative estimate of drug-likeness (QED) is 0.553. The molecule has 27 heavy (non-hydrogen) atoms. The Labute approximate surface area is 160 Å². The highest BCUT2D eigenvalue weighted by Gasteiger charge is 2.32. The van der Waals surface area contributed by atoms with Crippen molar-refractivity contribution < 1.29 is 23.2 Å². The van der Waals surface area contributed by atoms with Gasteiger partial charge in [-0.25, -0.2) is 9.18 Å². The molecule has 0 fully saturated rings. The lowest BCUT2D eigenvalue weighted by Gasteiger charge is -2.24. The van der Waals surface area contributed by atoms with Crippen LogP contribution in [0.1, 0.15) is 19.5 Å². The summed E-state index contributed by atoms with van der Waals surface area (Å²) in [4.78, 5) is 12.4. The Kier molecular flexibility index (Phi) is 5.46. The highest BCUT2D eigenvalue weighted by Crippen LogP contribution is 2.23. The van der Waals surface area contributed by atoms with E-state index in [0.29, 0.717) is 27.8 Å². The lowest BCUT2D eigenvalue weighted by molar-refractivity contribution is -0.160. The largest absolute Gasteiger partial charge is 0.476 e. The first-order valence-electron chi connectivity index (χ1n) is 8.17. The van der Waals surface area contributed by atoms with E-state index in [1.807, 2.05) is 0 Å². The summed E-state index contributed by atoms with van der Waals surface area (Å²) in [5, 5.41) is 4.44. The summed E-state index contributed by atoms with van der Waals surface area (Å²) in [6, 6.07) is 14.1. The molecule has 2 aromatic carbocycles. The molecule has 140 valence electrons. The van der Waals surface area contributed by atoms with E-state index in [-0.39, 0.29) is 12.4 Å². The van der Waals surface area contributed by atoms with Gasteiger partial charge in [-0.3, -0.25) is 0 Å². The summed E-state index contributed by atoms with van der Waals surface area (Å²) in [6.07, 6.45) is 0. The molecular formula is C20H17ClFNO4. The third kappa shape index (κ3) is 4.86. The molecule has 5 nitrogen and oxygen atoms in total. The van der Waals surface area contributed by atoms with Crippen molar-refractivity contribution in [1.29, 1.82) is 0 Å². The van der Waals surface area contributed by atoms with Gasteiger partial charge < -0.3 is 14.0 Å². The van der Waals surface area contributed by atoms with Gasteiger partial charge in [-0.05, 0) is 62.4 Å². The summed E-state index contributed by atoms with van der Waals surface area (Å²) < 4.78 is 29.2. The normalized spacial score (nSPS) is 11.3. The van der Waals surface area contributed by atoms with Crippen LogP contribution < -0.4 is 4.74 Å². The maximum atomic E-state index is 13.0. The van der Waals surface area contributed by atoms with E-state index < -0.39 is 11.6 Å². The number of carbonyl (C=O) groups is 1. The molecule has 0 aliphatic carbocycles. The van der Waals surface area contributed by atoms with Crippen LogP contribution >= 0.6 is 11.6 Å². The van der Waals surface area contributed by atoms with Gasteiger partial charge in [0.1, 0.15) is 23.9 Å². The second-order valence-electron chi connectivity index (χ2n) is 6.33. The maximum absolute atomic E-state index is 13.0. The average molecular weight is 390 g/mol. The molecule has 3 aromatic rings. The van der Waals surface area contributed by atoms with Gasteiger partial charge in [0.05, 0.1) is 0 Å². The van der Waals surface area contributed by atoms with Crippen LogP contribution in [0, 0.1) is 5.82 Å². The van der Waals surface area contributed by atoms with Gasteiger partial charge in [-0.15, -0.1) is 0 Å². The van der Waals surface area contributed by atoms with Crippen LogP contribution in [0.4, 0.5) is 4.39 Å². The number of benzene rings is 2. The zero-order chi connectivity index (χ0) is 19.4. The molecule has 0 saturated heterocycles. The Morgan fingerprint density at radius 2 is 1.81 bits per heavy atom. The summed E-state index contributed by atoms with van der Waals surface area (Å²) in [5.74, 6) is 0.0678. The highest BCUT2D eigenvalue weighted by atomic mass is 35.5. The number of aromatic nitrogens is 1. The van der Waals surface area contributed by atoms with Crippen LogP contribution in [-0.2, 0) is 16.1 Å². The van der Waals surface area contributed by atoms with Crippen LogP contribution in [0.5, 0.6) is 5.75 Å². The fraction of sp³-hybridized carbons (Fsp3) is 0.200. The van der Waals surface area contributed by atoms with Crippen molar-refractivity contribution in [2.75, 3.05) is 0 Å². The first-order chi connectivity index (χ1) is 12.8. The van der Waals surface area contributed by atoms with E-state index in [1.165, 1.54) is 12.1 Å². The van der Waals surface area contributed by atoms with Gasteiger partial charge in [0.15, 0.2) is 11.4 Å². The molecule has 0 amide bonds. The van der Waals surface area contributed by atoms with E-state index in [9.17, 15) is 9.18 Å². The molecule has 0 spiro atoms. The molecule has 3 rings (SSSR count). The van der Waals surface area contributed by atoms with Crippen molar-refractivity contribution in [2.45, 2.75) is 26.1 Å². The Bertz CT molecular complexity index is 920. The van der Waals surface area contributed by atoms with E-state index in [0.717, 1.165) is 0 Å². The summed E-state index contributed by atoms with van der Waals surface area (Å²) in [7, 11) is 0. The summed E-state index contributed by atoms with van der Waals surface area (Å²) >= 11 is 5.84. The van der Waals surface area contributed by atoms with Gasteiger partial charge in [0, 0.05) is 16.7 Å². The predicted octanol–water partition coefficient (Wildman–Crippen LogP) is 5.03. The van der Waals surface area contributed by atoms with E-state index in [4.69, 9.17) is 25.6 Å². The van der Waals surface area contributed by atoms with E-state index >= 15 is 0 Å². The molecule has 0 unspecified atom stereocenters. The second kappa shape index (κ2) is 7.80. The van der Waals surface area contributed by atoms with Crippen molar-refractivity contribution in [3.8, 4) is 17.1 Å². The molecule has 0 radical (unpaired) electrons. The minimum Gasteiger partial charge on any atom is -0.476 e. The average Bonchev–Trinajstić information content (AvgIpc) is 3.11. The molecule has 0 aliphatic rings. The Balaban J connectivity index is 1.59. The first-order valence-corrected chi connectivity index (χ1v) is 8.55. The van der Waals surface area contributed by atoms with Gasteiger partial charge in [-0.1, -0.05) is 16.8 Å². The summed E-state index contributed by atoms with van der Waals surface area (Å²) in [6.45, 7) is 3.14. The Hall–Kier alpha value is -2.86. The third-order valence-corrected chi connectivity index (χ3v) is 3.97. The number of halogens is 2. The fourth-order valence-electron chi connectivity index (χ4n) is 2.28. The van der Waals surface area contributed by atoms with Crippen LogP contribution in [0.25, 0.3) is 11.3 Å². The number of nitrogens with zero attached hydrogens (tertiary/aromatic N) is 1. The lowest BCUT2D eigenvalue weighted by atomic mass is 10.1. The minimum absolute atomic E-state index is 0.0725. The molecule has 0 aliphatic heterocycles. The molecule has 1 aromatic heterocycles. The zero-order valence-electron chi connectivity index (χ0n) is 14.7. The maximum Gasteiger partial charge on any atom is 0.350 e. The number of rotatable bonds is 6. The smallest absolute Gasteiger partial charge is 0.350 e. The molecule has 0 saturated carbocycles. The van der Waals surface area contributed by atoms with Crippen LogP contribution in [0.15, 0.2) is 59.1 Å². The molecule has 0 bridgehead atoms. The van der Waals surface area contributed by atoms with Crippen LogP contribution in [0.3, 0.4) is 0 Å². The van der Waals surface area contributed by atoms with Crippen molar-refractivity contribution in [3.05, 3.63) is 71.1 Å². The number of hydrogen-bond donors (Lipinski definition) is 0. The lowest BCUT2D eigenvalue weighted by Crippen LogP contribution is -2.39. The van der Waals surface area contributed by atoms with Crippen molar-refractivity contribution in [1.82, 2.24) is 5.16 Å². The number of esters is 1. The fourth-order valence-corrected chi connectivity index (χ4v) is 2.41. The van der Waals surface area contributed by atoms with Crippen molar-refractivity contribution in [3.63, 3.8) is 0 Å². The Morgan fingerprint density at radius 3 is 2.48 bits per heavy atom. The molecule has 7 heteroatoms. The van der Waals surface area contributed by atoms with Gasteiger partial charge in [0.2, 0.25) is 0 Å². The predicted molar refractivity (Wildman–Crippen MR) is 97.9 cm³/mol. The van der Waals surface area contributed by atoms with Crippen molar-refractivity contribution >= 4 is 17.6 Å². The molecule has 1 heterocycles. The first kappa shape index (κ1) is 18.9. The third-order valence-electron chi connectivity index (χ3n) is 3.72. The number of carbonyl (C=O) groups excluding carboxylic acids is 1. The molecular weight excluding hydrogens is 373 g/mol. The molecule has 0 N–H and O–H groups in total. The topological polar surface area (TPSA) is 61.6 Å². The molecule has 0 atom stereocenters. The van der Waals surface area contributed by atoms with E-state index in [2.05, 4.69) is 5.16 Å². The van der Waals surface area contributed by atoms with Crippen molar-refractivity contribution in [2.24, 2.45) is 0 Å². The van der Waals surface area contributed by atoms with Gasteiger partial charge >= 0.3 is 5.97 Å². The number of ether oxygens (including phenoxy) is 2. The van der Waals surface area contributed by atoms with E-state index in [1.54, 1.807) is 56.3 Å². The highest BCUT2D eigenvalue weighted by molar-refractivity contribution is 6.30. The van der Waals surface area contributed by atoms with Gasteiger partial charge in [-0.2, -0.15) is 0 Å². The van der Waals surface area contributed by atoms with Crippen LogP contribution in [0.2, 0.25) is 5.02 Å². The standard InChI is InChI=1S/C20H17ClFNO4/c1-20(2,26-17-9-5-14(21)6-10-17)19(24)25-12-16-11-18(27-23-16)13-3-7-15(22)8-4-13/h3-11H,12H2,1-2H3. The Morgan fingerprint density at radius 1 is 1.15 bits per heavy atom. The second-order valence-corrected chi connectivity index (χ2v) is 6.77. The SMILES string of the molecule is CC(C)(Oc1ccc(Cl)cc1)C(=O)OCc1cc(-c2ccc(F)cc2)on1. The van der Waals surface area contributed by atoms with Gasteiger partial charge in [0.25, 0.3) is 0 Å².